The van der Waals surface area contributed by atoms with E-state index < -0.39 is 0 Å². The second-order valence-electron chi connectivity index (χ2n) is 9.48. The van der Waals surface area contributed by atoms with Crippen LogP contribution in [0.3, 0.4) is 0 Å². The second-order valence-corrected chi connectivity index (χ2v) is 9.91. The first-order valence-corrected chi connectivity index (χ1v) is 13.0. The number of piperidine rings is 1. The molecule has 0 atom stereocenters. The van der Waals surface area contributed by atoms with E-state index in [-0.39, 0.29) is 11.8 Å². The monoisotopic (exact) mass is 502 g/mol. The lowest BCUT2D eigenvalue weighted by atomic mass is 9.96. The number of hydrogen-bond donors (Lipinski definition) is 3. The minimum Gasteiger partial charge on any atom is -0.384 e. The lowest BCUT2D eigenvalue weighted by Gasteiger charge is -2.26. The van der Waals surface area contributed by atoms with E-state index in [9.17, 15) is 9.59 Å². The van der Waals surface area contributed by atoms with Crippen molar-refractivity contribution in [2.24, 2.45) is 0 Å². The maximum Gasteiger partial charge on any atom is 0.255 e. The molecular formula is C29H31ClN4O2. The Hall–Kier alpha value is -3.35. The Balaban J connectivity index is 1.24. The molecule has 3 aromatic carbocycles. The number of nitrogens with zero attached hydrogens (tertiary/aromatic N) is 1. The van der Waals surface area contributed by atoms with E-state index in [0.717, 1.165) is 35.5 Å². The zero-order chi connectivity index (χ0) is 24.9. The summed E-state index contributed by atoms with van der Waals surface area (Å²) < 4.78 is 0. The first-order valence-electron chi connectivity index (χ1n) is 12.6. The van der Waals surface area contributed by atoms with Crippen LogP contribution in [0.1, 0.15) is 56.7 Å². The number of carbonyl (C=O) groups excluding carboxylic acids is 2. The summed E-state index contributed by atoms with van der Waals surface area (Å²) in [5.41, 5.74) is 5.66. The van der Waals surface area contributed by atoms with Crippen molar-refractivity contribution in [2.75, 3.05) is 36.8 Å². The summed E-state index contributed by atoms with van der Waals surface area (Å²) in [6, 6.07) is 19.0. The number of anilines is 2. The zero-order valence-corrected chi connectivity index (χ0v) is 21.0. The van der Waals surface area contributed by atoms with Crippen molar-refractivity contribution < 1.29 is 9.59 Å². The Bertz CT molecular complexity index is 1250. The maximum atomic E-state index is 13.0. The fourth-order valence-electron chi connectivity index (χ4n) is 5.02. The lowest BCUT2D eigenvalue weighted by Crippen LogP contribution is -2.33. The van der Waals surface area contributed by atoms with Gasteiger partial charge in [-0.05, 0) is 91.5 Å². The van der Waals surface area contributed by atoms with Gasteiger partial charge in [0.05, 0.1) is 11.3 Å². The molecule has 0 aliphatic carbocycles. The standard InChI is InChI=1S/C29H31ClN4O2/c30-23-6-4-5-20(18-23)17-22-9-12-26(27-25(22)19-32-29(27)36)33-28(35)21-7-10-24(11-8-21)31-13-16-34-14-2-1-3-15-34/h4-12,18,31H,1-3,13-17,19H2,(H,32,36)(H,33,35). The van der Waals surface area contributed by atoms with Crippen LogP contribution < -0.4 is 16.0 Å². The molecule has 7 heteroatoms. The quantitative estimate of drug-likeness (QED) is 0.389. The number of nitrogens with one attached hydrogen (secondary N) is 3. The summed E-state index contributed by atoms with van der Waals surface area (Å²) in [6.07, 6.45) is 4.59. The average molecular weight is 503 g/mol. The molecule has 1 saturated heterocycles. The lowest BCUT2D eigenvalue weighted by molar-refractivity contribution is 0.0966. The highest BCUT2D eigenvalue weighted by atomic mass is 35.5. The minimum absolute atomic E-state index is 0.165. The highest BCUT2D eigenvalue weighted by Crippen LogP contribution is 2.30. The topological polar surface area (TPSA) is 73.5 Å². The molecule has 2 heterocycles. The molecule has 186 valence electrons. The Labute approximate surface area is 217 Å². The van der Waals surface area contributed by atoms with Gasteiger partial charge in [-0.1, -0.05) is 36.2 Å². The van der Waals surface area contributed by atoms with Crippen LogP contribution in [-0.2, 0) is 13.0 Å². The van der Waals surface area contributed by atoms with Crippen molar-refractivity contribution in [3.63, 3.8) is 0 Å². The van der Waals surface area contributed by atoms with Crippen molar-refractivity contribution in [1.29, 1.82) is 0 Å². The Morgan fingerprint density at radius 2 is 1.81 bits per heavy atom. The third-order valence-corrected chi connectivity index (χ3v) is 7.18. The van der Waals surface area contributed by atoms with Gasteiger partial charge in [0.15, 0.2) is 0 Å². The zero-order valence-electron chi connectivity index (χ0n) is 20.3. The maximum absolute atomic E-state index is 13.0. The van der Waals surface area contributed by atoms with Crippen molar-refractivity contribution in [2.45, 2.75) is 32.2 Å². The van der Waals surface area contributed by atoms with Gasteiger partial charge in [-0.15, -0.1) is 0 Å². The number of fused-ring (bicyclic) bond motifs is 1. The van der Waals surface area contributed by atoms with Crippen LogP contribution in [0.25, 0.3) is 0 Å². The summed E-state index contributed by atoms with van der Waals surface area (Å²) in [6.45, 7) is 4.73. The molecule has 0 saturated carbocycles. The molecule has 1 fully saturated rings. The summed E-state index contributed by atoms with van der Waals surface area (Å²) >= 11 is 6.14. The van der Waals surface area contributed by atoms with E-state index in [1.807, 2.05) is 60.7 Å². The Morgan fingerprint density at radius 3 is 2.58 bits per heavy atom. The average Bonchev–Trinajstić information content (AvgIpc) is 3.29. The van der Waals surface area contributed by atoms with Gasteiger partial charge in [-0.3, -0.25) is 9.59 Å². The van der Waals surface area contributed by atoms with Crippen LogP contribution in [0.2, 0.25) is 5.02 Å². The Kier molecular flexibility index (Phi) is 7.54. The van der Waals surface area contributed by atoms with E-state index in [2.05, 4.69) is 20.9 Å². The van der Waals surface area contributed by atoms with Crippen LogP contribution in [0.15, 0.2) is 60.7 Å². The molecule has 2 aliphatic rings. The third-order valence-electron chi connectivity index (χ3n) is 6.95. The molecule has 36 heavy (non-hydrogen) atoms. The molecular weight excluding hydrogens is 472 g/mol. The molecule has 5 rings (SSSR count). The van der Waals surface area contributed by atoms with Crippen LogP contribution in [-0.4, -0.2) is 42.9 Å². The number of likely N-dealkylation sites (tertiary alicyclic amines) is 1. The van der Waals surface area contributed by atoms with Gasteiger partial charge in [0.25, 0.3) is 11.8 Å². The molecule has 2 aliphatic heterocycles. The van der Waals surface area contributed by atoms with Crippen LogP contribution in [0.4, 0.5) is 11.4 Å². The Morgan fingerprint density at radius 1 is 1.00 bits per heavy atom. The molecule has 0 radical (unpaired) electrons. The SMILES string of the molecule is O=C(Nc1ccc(Cc2cccc(Cl)c2)c2c1C(=O)NC2)c1ccc(NCCN2CCCCC2)cc1. The molecule has 2 amide bonds. The number of halogens is 1. The summed E-state index contributed by atoms with van der Waals surface area (Å²) in [7, 11) is 0. The molecule has 0 bridgehead atoms. The molecule has 0 spiro atoms. The van der Waals surface area contributed by atoms with Crippen LogP contribution in [0.5, 0.6) is 0 Å². The van der Waals surface area contributed by atoms with E-state index in [4.69, 9.17) is 11.6 Å². The molecule has 3 N–H and O–H groups in total. The highest BCUT2D eigenvalue weighted by Gasteiger charge is 2.26. The highest BCUT2D eigenvalue weighted by molar-refractivity contribution is 6.30. The summed E-state index contributed by atoms with van der Waals surface area (Å²) in [5, 5.41) is 9.97. The fraction of sp³-hybridized carbons (Fsp3) is 0.310. The van der Waals surface area contributed by atoms with E-state index in [1.54, 1.807) is 0 Å². The fourth-order valence-corrected chi connectivity index (χ4v) is 5.23. The van der Waals surface area contributed by atoms with Gasteiger partial charge in [0, 0.05) is 35.9 Å². The first-order chi connectivity index (χ1) is 17.6. The van der Waals surface area contributed by atoms with Crippen LogP contribution >= 0.6 is 11.6 Å². The van der Waals surface area contributed by atoms with Gasteiger partial charge in [0.1, 0.15) is 0 Å². The van der Waals surface area contributed by atoms with Crippen molar-refractivity contribution in [1.82, 2.24) is 10.2 Å². The van der Waals surface area contributed by atoms with Crippen LogP contribution in [0, 0.1) is 0 Å². The molecule has 0 unspecified atom stereocenters. The molecule has 6 nitrogen and oxygen atoms in total. The minimum atomic E-state index is -0.237. The van der Waals surface area contributed by atoms with Crippen molar-refractivity contribution >= 4 is 34.8 Å². The van der Waals surface area contributed by atoms with E-state index >= 15 is 0 Å². The number of benzene rings is 3. The number of carbonyl (C=O) groups is 2. The molecule has 3 aromatic rings. The predicted molar refractivity (Wildman–Crippen MR) is 145 cm³/mol. The number of rotatable bonds is 8. The first kappa shape index (κ1) is 24.3. The normalized spacial score (nSPS) is 15.3. The predicted octanol–water partition coefficient (Wildman–Crippen LogP) is 5.32. The van der Waals surface area contributed by atoms with Crippen molar-refractivity contribution in [3.8, 4) is 0 Å². The van der Waals surface area contributed by atoms with Gasteiger partial charge in [-0.2, -0.15) is 0 Å². The number of hydrogen-bond acceptors (Lipinski definition) is 4. The molecule has 0 aromatic heterocycles. The van der Waals surface area contributed by atoms with E-state index in [1.165, 1.54) is 32.4 Å². The van der Waals surface area contributed by atoms with Gasteiger partial charge in [0.2, 0.25) is 0 Å². The largest absolute Gasteiger partial charge is 0.384 e. The van der Waals surface area contributed by atoms with Gasteiger partial charge in [-0.25, -0.2) is 0 Å². The summed E-state index contributed by atoms with van der Waals surface area (Å²) in [5.74, 6) is -0.402. The third kappa shape index (κ3) is 5.72. The van der Waals surface area contributed by atoms with Gasteiger partial charge < -0.3 is 20.9 Å². The summed E-state index contributed by atoms with van der Waals surface area (Å²) in [4.78, 5) is 28.1. The number of amides is 2. The second kappa shape index (κ2) is 11.1. The van der Waals surface area contributed by atoms with Gasteiger partial charge >= 0.3 is 0 Å². The smallest absolute Gasteiger partial charge is 0.255 e. The van der Waals surface area contributed by atoms with E-state index in [0.29, 0.717) is 34.8 Å². The van der Waals surface area contributed by atoms with Crippen molar-refractivity contribution in [3.05, 3.63) is 93.5 Å².